The summed E-state index contributed by atoms with van der Waals surface area (Å²) in [5.41, 5.74) is 0.206. The summed E-state index contributed by atoms with van der Waals surface area (Å²) >= 11 is 0. The number of ether oxygens (including phenoxy) is 1. The van der Waals surface area contributed by atoms with Crippen molar-refractivity contribution in [1.29, 1.82) is 0 Å². The van der Waals surface area contributed by atoms with Crippen molar-refractivity contribution in [2.24, 2.45) is 0 Å². The van der Waals surface area contributed by atoms with Gasteiger partial charge in [0.15, 0.2) is 23.1 Å². The van der Waals surface area contributed by atoms with Gasteiger partial charge in [-0.25, -0.2) is 28.3 Å². The Hall–Kier alpha value is -4.68. The average Bonchev–Trinajstić information content (AvgIpc) is 2.83. The summed E-state index contributed by atoms with van der Waals surface area (Å²) in [6, 6.07) is 6.61. The van der Waals surface area contributed by atoms with E-state index in [-0.39, 0.29) is 42.7 Å². The van der Waals surface area contributed by atoms with Gasteiger partial charge >= 0.3 is 17.9 Å². The number of carboxylic acid groups (broad SMARTS) is 2. The van der Waals surface area contributed by atoms with Crippen LogP contribution in [0.5, 0.6) is 0 Å². The summed E-state index contributed by atoms with van der Waals surface area (Å²) in [7, 11) is 0. The van der Waals surface area contributed by atoms with Gasteiger partial charge in [-0.2, -0.15) is 0 Å². The molecule has 2 aromatic carbocycles. The van der Waals surface area contributed by atoms with Gasteiger partial charge in [-0.1, -0.05) is 12.1 Å². The summed E-state index contributed by atoms with van der Waals surface area (Å²) < 4.78 is 32.0. The Morgan fingerprint density at radius 2 is 1.62 bits per heavy atom. The summed E-state index contributed by atoms with van der Waals surface area (Å²) in [6.07, 6.45) is -0.593. The number of carbonyl (C=O) groups is 4. The fraction of sp³-hybridized carbons (Fsp3) is 0.250. The molecule has 1 heterocycles. The van der Waals surface area contributed by atoms with Crippen LogP contribution in [0, 0.1) is 11.6 Å². The van der Waals surface area contributed by atoms with Gasteiger partial charge in [0.2, 0.25) is 5.91 Å². The van der Waals surface area contributed by atoms with Crippen LogP contribution in [-0.2, 0) is 25.5 Å². The Balaban J connectivity index is 1.72. The highest BCUT2D eigenvalue weighted by Crippen LogP contribution is 2.23. The predicted molar refractivity (Wildman–Crippen MR) is 125 cm³/mol. The number of nitrogens with zero attached hydrogens (tertiary/aromatic N) is 2. The van der Waals surface area contributed by atoms with E-state index in [0.29, 0.717) is 11.3 Å². The lowest BCUT2D eigenvalue weighted by Crippen LogP contribution is -2.42. The largest absolute Gasteiger partial charge is 0.481 e. The lowest BCUT2D eigenvalue weighted by molar-refractivity contribution is -0.148. The maximum atomic E-state index is 13.6. The van der Waals surface area contributed by atoms with Crippen LogP contribution in [0.2, 0.25) is 0 Å². The van der Waals surface area contributed by atoms with Crippen molar-refractivity contribution in [1.82, 2.24) is 15.3 Å². The molecule has 11 nitrogen and oxygen atoms in total. The molecule has 0 unspecified atom stereocenters. The standard InChI is InChI=1S/C24H22F2N4O7/c1-2-37-24(36)16(7-8-20(32)33)28-19(31)9-12-3-5-13(6-4-12)27-22-21(23(34)35)29-17-10-14(25)15(26)11-18(17)30-22/h3-6,10-11,16H,2,7-9H2,1H3,(H,27,30)(H,28,31)(H,32,33)(H,34,35)/t16-/m0/s1. The SMILES string of the molecule is CCOC(=O)[C@H](CCC(=O)O)NC(=O)Cc1ccc(Nc2nc3cc(F)c(F)cc3nc2C(=O)O)cc1. The van der Waals surface area contributed by atoms with Crippen LogP contribution in [0.15, 0.2) is 36.4 Å². The molecular formula is C24H22F2N4O7. The summed E-state index contributed by atoms with van der Waals surface area (Å²) in [5, 5.41) is 23.6. The molecule has 0 saturated heterocycles. The molecular weight excluding hydrogens is 494 g/mol. The van der Waals surface area contributed by atoms with Crippen LogP contribution in [0.3, 0.4) is 0 Å². The van der Waals surface area contributed by atoms with Crippen LogP contribution in [0.4, 0.5) is 20.3 Å². The van der Waals surface area contributed by atoms with Gasteiger partial charge in [0.05, 0.1) is 24.1 Å². The predicted octanol–water partition coefficient (Wildman–Crippen LogP) is 2.81. The summed E-state index contributed by atoms with van der Waals surface area (Å²) in [4.78, 5) is 54.8. The van der Waals surface area contributed by atoms with E-state index in [1.807, 2.05) is 0 Å². The maximum Gasteiger partial charge on any atom is 0.358 e. The van der Waals surface area contributed by atoms with Crippen molar-refractivity contribution in [3.8, 4) is 0 Å². The number of hydrogen-bond acceptors (Lipinski definition) is 8. The number of fused-ring (bicyclic) bond motifs is 1. The van der Waals surface area contributed by atoms with E-state index < -0.39 is 47.2 Å². The Morgan fingerprint density at radius 3 is 2.19 bits per heavy atom. The number of rotatable bonds is 11. The lowest BCUT2D eigenvalue weighted by Gasteiger charge is -2.16. The first kappa shape index (κ1) is 26.9. The van der Waals surface area contributed by atoms with Gasteiger partial charge in [-0.15, -0.1) is 0 Å². The summed E-state index contributed by atoms with van der Waals surface area (Å²) in [6.45, 7) is 1.66. The number of nitrogens with one attached hydrogen (secondary N) is 2. The highest BCUT2D eigenvalue weighted by Gasteiger charge is 2.23. The van der Waals surface area contributed by atoms with Crippen molar-refractivity contribution >= 4 is 46.4 Å². The molecule has 3 rings (SSSR count). The first-order chi connectivity index (χ1) is 17.6. The Morgan fingerprint density at radius 1 is 1.00 bits per heavy atom. The second-order valence-electron chi connectivity index (χ2n) is 7.78. The Bertz CT molecular complexity index is 1350. The first-order valence-electron chi connectivity index (χ1n) is 11.0. The monoisotopic (exact) mass is 516 g/mol. The molecule has 37 heavy (non-hydrogen) atoms. The number of benzene rings is 2. The molecule has 1 aromatic heterocycles. The van der Waals surface area contributed by atoms with Crippen molar-refractivity contribution in [3.63, 3.8) is 0 Å². The number of aromatic nitrogens is 2. The molecule has 0 fully saturated rings. The number of carbonyl (C=O) groups excluding carboxylic acids is 2. The third kappa shape index (κ3) is 7.16. The van der Waals surface area contributed by atoms with Gasteiger partial charge in [0.25, 0.3) is 0 Å². The molecule has 13 heteroatoms. The zero-order valence-electron chi connectivity index (χ0n) is 19.5. The van der Waals surface area contributed by atoms with Crippen LogP contribution in [0.1, 0.15) is 35.8 Å². The van der Waals surface area contributed by atoms with E-state index in [9.17, 15) is 33.1 Å². The average molecular weight is 516 g/mol. The summed E-state index contributed by atoms with van der Waals surface area (Å²) in [5.74, 6) is -6.37. The molecule has 0 radical (unpaired) electrons. The van der Waals surface area contributed by atoms with Crippen molar-refractivity contribution in [2.45, 2.75) is 32.2 Å². The van der Waals surface area contributed by atoms with Gasteiger partial charge in [0, 0.05) is 24.2 Å². The van der Waals surface area contributed by atoms with Gasteiger partial charge < -0.3 is 25.6 Å². The van der Waals surface area contributed by atoms with Crippen LogP contribution < -0.4 is 10.6 Å². The number of anilines is 2. The van der Waals surface area contributed by atoms with Crippen molar-refractivity contribution < 1.29 is 42.9 Å². The normalized spacial score (nSPS) is 11.5. The molecule has 194 valence electrons. The van der Waals surface area contributed by atoms with E-state index in [2.05, 4.69) is 20.6 Å². The number of aliphatic carboxylic acids is 1. The highest BCUT2D eigenvalue weighted by atomic mass is 19.2. The molecule has 0 aliphatic rings. The molecule has 0 aliphatic carbocycles. The zero-order valence-corrected chi connectivity index (χ0v) is 19.5. The van der Waals surface area contributed by atoms with Gasteiger partial charge in [0.1, 0.15) is 6.04 Å². The number of esters is 1. The maximum absolute atomic E-state index is 13.6. The molecule has 0 aliphatic heterocycles. The van der Waals surface area contributed by atoms with Gasteiger partial charge in [-0.3, -0.25) is 9.59 Å². The molecule has 4 N–H and O–H groups in total. The quantitative estimate of drug-likeness (QED) is 0.278. The van der Waals surface area contributed by atoms with E-state index >= 15 is 0 Å². The van der Waals surface area contributed by atoms with E-state index in [1.165, 1.54) is 12.1 Å². The number of carboxylic acids is 2. The minimum absolute atomic E-state index is 0.0567. The fourth-order valence-electron chi connectivity index (χ4n) is 3.32. The van der Waals surface area contributed by atoms with E-state index in [1.54, 1.807) is 19.1 Å². The smallest absolute Gasteiger partial charge is 0.358 e. The molecule has 0 bridgehead atoms. The number of amides is 1. The first-order valence-corrected chi connectivity index (χ1v) is 11.0. The number of halogens is 2. The highest BCUT2D eigenvalue weighted by molar-refractivity contribution is 5.95. The Kier molecular flexibility index (Phi) is 8.61. The minimum Gasteiger partial charge on any atom is -0.481 e. The van der Waals surface area contributed by atoms with Crippen LogP contribution in [0.25, 0.3) is 11.0 Å². The molecule has 1 amide bonds. The zero-order chi connectivity index (χ0) is 27.1. The third-order valence-electron chi connectivity index (χ3n) is 5.04. The Labute approximate surface area is 208 Å². The van der Waals surface area contributed by atoms with Crippen molar-refractivity contribution in [3.05, 3.63) is 59.3 Å². The van der Waals surface area contributed by atoms with E-state index in [4.69, 9.17) is 9.84 Å². The van der Waals surface area contributed by atoms with Crippen molar-refractivity contribution in [2.75, 3.05) is 11.9 Å². The topological polar surface area (TPSA) is 168 Å². The van der Waals surface area contributed by atoms with Crippen LogP contribution in [-0.4, -0.2) is 56.6 Å². The molecule has 1 atom stereocenters. The number of hydrogen-bond donors (Lipinski definition) is 4. The van der Waals surface area contributed by atoms with E-state index in [0.717, 1.165) is 12.1 Å². The van der Waals surface area contributed by atoms with Crippen LogP contribution >= 0.6 is 0 Å². The fourth-order valence-corrected chi connectivity index (χ4v) is 3.32. The molecule has 0 saturated carbocycles. The second kappa shape index (κ2) is 11.8. The van der Waals surface area contributed by atoms with Gasteiger partial charge in [-0.05, 0) is 31.0 Å². The second-order valence-corrected chi connectivity index (χ2v) is 7.78. The molecule has 3 aromatic rings. The lowest BCUT2D eigenvalue weighted by atomic mass is 10.1. The minimum atomic E-state index is -1.44. The number of aromatic carboxylic acids is 1. The third-order valence-corrected chi connectivity index (χ3v) is 5.04. The molecule has 0 spiro atoms.